The molecule has 0 saturated heterocycles. The van der Waals surface area contributed by atoms with Gasteiger partial charge in [0.25, 0.3) is 0 Å². The second-order valence-electron chi connectivity index (χ2n) is 2.69. The molecule has 0 aliphatic carbocycles. The first kappa shape index (κ1) is 13.0. The number of nitro benzene ring substituents is 1. The first-order chi connectivity index (χ1) is 7.83. The van der Waals surface area contributed by atoms with Crippen molar-refractivity contribution in [3.05, 3.63) is 28.3 Å². The molecule has 94 valence electrons. The maximum atomic E-state index is 11.9. The molecular weight excluding hydrogens is 250 g/mol. The van der Waals surface area contributed by atoms with E-state index in [-0.39, 0.29) is 5.75 Å². The van der Waals surface area contributed by atoms with Gasteiger partial charge in [0.05, 0.1) is 11.0 Å². The Balaban J connectivity index is 3.09. The average Bonchev–Trinajstić information content (AvgIpc) is 2.18. The fraction of sp³-hybridized carbons (Fsp3) is 0.250. The third-order valence-corrected chi connectivity index (χ3v) is 1.57. The molecule has 0 aliphatic heterocycles. The zero-order chi connectivity index (χ0) is 13.1. The molecular formula is C8H5F4NO4. The predicted octanol–water partition coefficient (Wildman–Crippen LogP) is 2.80. The third kappa shape index (κ3) is 3.78. The van der Waals surface area contributed by atoms with Gasteiger partial charge in [0.1, 0.15) is 5.75 Å². The van der Waals surface area contributed by atoms with Gasteiger partial charge in [-0.15, -0.1) is 13.2 Å². The number of hydrogen-bond donors (Lipinski definition) is 0. The highest BCUT2D eigenvalue weighted by Crippen LogP contribution is 2.34. The maximum Gasteiger partial charge on any atom is 0.573 e. The fourth-order valence-corrected chi connectivity index (χ4v) is 1.00. The second kappa shape index (κ2) is 4.85. The highest BCUT2D eigenvalue weighted by atomic mass is 19.4. The van der Waals surface area contributed by atoms with Gasteiger partial charge in [-0.2, -0.15) is 0 Å². The van der Waals surface area contributed by atoms with Crippen molar-refractivity contribution in [2.24, 2.45) is 0 Å². The summed E-state index contributed by atoms with van der Waals surface area (Å²) >= 11 is 0. The van der Waals surface area contributed by atoms with Gasteiger partial charge in [-0.05, 0) is 12.1 Å². The lowest BCUT2D eigenvalue weighted by Crippen LogP contribution is -2.17. The van der Waals surface area contributed by atoms with E-state index in [0.717, 1.165) is 6.07 Å². The van der Waals surface area contributed by atoms with Crippen LogP contribution in [0.1, 0.15) is 0 Å². The van der Waals surface area contributed by atoms with E-state index in [1.165, 1.54) is 0 Å². The summed E-state index contributed by atoms with van der Waals surface area (Å²) in [7, 11) is 0. The van der Waals surface area contributed by atoms with Crippen LogP contribution in [0.4, 0.5) is 23.2 Å². The smallest absolute Gasteiger partial charge is 0.463 e. The molecule has 0 unspecified atom stereocenters. The van der Waals surface area contributed by atoms with Crippen LogP contribution in [0.15, 0.2) is 18.2 Å². The molecule has 0 radical (unpaired) electrons. The molecule has 0 saturated carbocycles. The highest BCUT2D eigenvalue weighted by Gasteiger charge is 2.34. The molecule has 0 fully saturated rings. The summed E-state index contributed by atoms with van der Waals surface area (Å²) in [5.74, 6) is -1.26. The summed E-state index contributed by atoms with van der Waals surface area (Å²) in [6.45, 7) is -1.25. The van der Waals surface area contributed by atoms with E-state index < -0.39 is 29.6 Å². The van der Waals surface area contributed by atoms with E-state index in [4.69, 9.17) is 0 Å². The van der Waals surface area contributed by atoms with Crippen LogP contribution in [0.3, 0.4) is 0 Å². The van der Waals surface area contributed by atoms with E-state index in [9.17, 15) is 27.7 Å². The summed E-state index contributed by atoms with van der Waals surface area (Å²) in [4.78, 5) is 9.38. The Morgan fingerprint density at radius 1 is 1.35 bits per heavy atom. The second-order valence-corrected chi connectivity index (χ2v) is 2.69. The van der Waals surface area contributed by atoms with Gasteiger partial charge in [-0.25, -0.2) is 4.39 Å². The first-order valence-corrected chi connectivity index (χ1v) is 4.06. The van der Waals surface area contributed by atoms with Crippen LogP contribution in [0.5, 0.6) is 11.5 Å². The molecule has 0 aromatic heterocycles. The molecule has 9 heteroatoms. The van der Waals surface area contributed by atoms with Gasteiger partial charge in [0, 0.05) is 0 Å². The van der Waals surface area contributed by atoms with E-state index in [0.29, 0.717) is 12.1 Å². The molecule has 1 aromatic carbocycles. The number of halogens is 4. The topological polar surface area (TPSA) is 61.6 Å². The maximum absolute atomic E-state index is 11.9. The van der Waals surface area contributed by atoms with Gasteiger partial charge in [-0.3, -0.25) is 10.1 Å². The molecule has 0 atom stereocenters. The normalized spacial score (nSPS) is 11.1. The Hall–Kier alpha value is -2.06. The van der Waals surface area contributed by atoms with Crippen molar-refractivity contribution in [2.75, 3.05) is 6.86 Å². The van der Waals surface area contributed by atoms with Crippen molar-refractivity contribution < 1.29 is 32.0 Å². The predicted molar refractivity (Wildman–Crippen MR) is 46.4 cm³/mol. The molecule has 1 aromatic rings. The number of nitro groups is 1. The lowest BCUT2D eigenvalue weighted by atomic mass is 10.3. The Bertz CT molecular complexity index is 420. The number of hydrogen-bond acceptors (Lipinski definition) is 4. The molecule has 17 heavy (non-hydrogen) atoms. The monoisotopic (exact) mass is 255 g/mol. The minimum Gasteiger partial charge on any atom is -0.463 e. The summed E-state index contributed by atoms with van der Waals surface area (Å²) in [6.07, 6.45) is -5.05. The Morgan fingerprint density at radius 3 is 2.47 bits per heavy atom. The summed E-state index contributed by atoms with van der Waals surface area (Å²) in [5.41, 5.74) is -0.965. The minimum absolute atomic E-state index is 0.270. The SMILES string of the molecule is O=[N+]([O-])c1cc(OCF)ccc1OC(F)(F)F. The molecule has 0 heterocycles. The largest absolute Gasteiger partial charge is 0.573 e. The van der Waals surface area contributed by atoms with Crippen LogP contribution >= 0.6 is 0 Å². The van der Waals surface area contributed by atoms with Crippen LogP contribution in [-0.2, 0) is 0 Å². The molecule has 5 nitrogen and oxygen atoms in total. The summed E-state index contributed by atoms with van der Waals surface area (Å²) in [6, 6.07) is 2.24. The van der Waals surface area contributed by atoms with E-state index in [1.807, 2.05) is 0 Å². The number of rotatable bonds is 4. The standard InChI is InChI=1S/C8H5F4NO4/c9-4-16-5-1-2-7(17-8(10,11)12)6(3-5)13(14)15/h1-3H,4H2. The number of benzene rings is 1. The van der Waals surface area contributed by atoms with Crippen LogP contribution in [0.2, 0.25) is 0 Å². The molecule has 0 amide bonds. The van der Waals surface area contributed by atoms with Crippen molar-refractivity contribution >= 4 is 5.69 Å². The molecule has 1 rings (SSSR count). The zero-order valence-corrected chi connectivity index (χ0v) is 8.03. The summed E-state index contributed by atoms with van der Waals surface area (Å²) < 4.78 is 55.2. The Kier molecular flexibility index (Phi) is 3.71. The van der Waals surface area contributed by atoms with Crippen LogP contribution in [-0.4, -0.2) is 18.1 Å². The molecule has 0 bridgehead atoms. The highest BCUT2D eigenvalue weighted by molar-refractivity contribution is 5.51. The summed E-state index contributed by atoms with van der Waals surface area (Å²) in [5, 5.41) is 10.5. The number of ether oxygens (including phenoxy) is 2. The van der Waals surface area contributed by atoms with Crippen molar-refractivity contribution in [1.29, 1.82) is 0 Å². The number of nitrogens with zero attached hydrogens (tertiary/aromatic N) is 1. The Labute approximate surface area is 91.7 Å². The lowest BCUT2D eigenvalue weighted by Gasteiger charge is -2.09. The zero-order valence-electron chi connectivity index (χ0n) is 8.03. The van der Waals surface area contributed by atoms with Crippen molar-refractivity contribution in [2.45, 2.75) is 6.36 Å². The van der Waals surface area contributed by atoms with Gasteiger partial charge in [-0.1, -0.05) is 0 Å². The van der Waals surface area contributed by atoms with Gasteiger partial charge >= 0.3 is 12.0 Å². The molecule has 0 spiro atoms. The van der Waals surface area contributed by atoms with E-state index >= 15 is 0 Å². The quantitative estimate of drug-likeness (QED) is 0.471. The van der Waals surface area contributed by atoms with Gasteiger partial charge in [0.15, 0.2) is 0 Å². The van der Waals surface area contributed by atoms with Crippen molar-refractivity contribution in [1.82, 2.24) is 0 Å². The van der Waals surface area contributed by atoms with Crippen molar-refractivity contribution in [3.63, 3.8) is 0 Å². The van der Waals surface area contributed by atoms with E-state index in [2.05, 4.69) is 9.47 Å². The van der Waals surface area contributed by atoms with Gasteiger partial charge in [0.2, 0.25) is 12.6 Å². The van der Waals surface area contributed by atoms with E-state index in [1.54, 1.807) is 0 Å². The van der Waals surface area contributed by atoms with Crippen molar-refractivity contribution in [3.8, 4) is 11.5 Å². The number of alkyl halides is 4. The first-order valence-electron chi connectivity index (χ1n) is 4.06. The average molecular weight is 255 g/mol. The van der Waals surface area contributed by atoms with Crippen LogP contribution in [0, 0.1) is 10.1 Å². The fourth-order valence-electron chi connectivity index (χ4n) is 1.00. The van der Waals surface area contributed by atoms with Crippen LogP contribution in [0.25, 0.3) is 0 Å². The minimum atomic E-state index is -5.05. The Morgan fingerprint density at radius 2 is 2.00 bits per heavy atom. The van der Waals surface area contributed by atoms with Crippen LogP contribution < -0.4 is 9.47 Å². The lowest BCUT2D eigenvalue weighted by molar-refractivity contribution is -0.388. The third-order valence-electron chi connectivity index (χ3n) is 1.57. The van der Waals surface area contributed by atoms with Gasteiger partial charge < -0.3 is 9.47 Å². The molecule has 0 N–H and O–H groups in total. The molecule has 0 aliphatic rings.